The van der Waals surface area contributed by atoms with Gasteiger partial charge in [0.05, 0.1) is 17.0 Å². The minimum atomic E-state index is -0.558. The van der Waals surface area contributed by atoms with Gasteiger partial charge in [-0.2, -0.15) is 0 Å². The molecule has 1 aliphatic carbocycles. The molecule has 1 unspecified atom stereocenters. The number of hydrogen-bond donors (Lipinski definition) is 1. The van der Waals surface area contributed by atoms with E-state index < -0.39 is 5.82 Å². The molecule has 168 valence electrons. The lowest BCUT2D eigenvalue weighted by Gasteiger charge is -2.39. The molecule has 2 aromatic carbocycles. The Morgan fingerprint density at radius 2 is 2.12 bits per heavy atom. The number of halogens is 2. The Morgan fingerprint density at radius 1 is 1.24 bits per heavy atom. The largest absolute Gasteiger partial charge is 0.491 e. The first-order chi connectivity index (χ1) is 16.1. The Bertz CT molecular complexity index is 1360. The fourth-order valence-corrected chi connectivity index (χ4v) is 5.56. The summed E-state index contributed by atoms with van der Waals surface area (Å²) >= 11 is 6.92. The second-order valence-electron chi connectivity index (χ2n) is 8.69. The number of carbonyl (C=O) groups is 1. The molecule has 1 aromatic heterocycles. The van der Waals surface area contributed by atoms with Gasteiger partial charge < -0.3 is 15.0 Å². The van der Waals surface area contributed by atoms with Gasteiger partial charge in [-0.1, -0.05) is 35.9 Å². The van der Waals surface area contributed by atoms with Gasteiger partial charge in [0.2, 0.25) is 0 Å². The van der Waals surface area contributed by atoms with Gasteiger partial charge in [0, 0.05) is 55.2 Å². The van der Waals surface area contributed by atoms with Gasteiger partial charge in [0.1, 0.15) is 17.7 Å². The summed E-state index contributed by atoms with van der Waals surface area (Å²) in [4.78, 5) is 24.0. The molecule has 1 N–H and O–H groups in total. The van der Waals surface area contributed by atoms with Crippen LogP contribution < -0.4 is 15.0 Å². The van der Waals surface area contributed by atoms with Crippen molar-refractivity contribution in [2.24, 2.45) is 0 Å². The number of fused-ring (bicyclic) bond motifs is 3. The molecule has 3 heterocycles. The summed E-state index contributed by atoms with van der Waals surface area (Å²) < 4.78 is 22.5. The Morgan fingerprint density at radius 3 is 3.00 bits per heavy atom. The maximum Gasteiger partial charge on any atom is 0.167 e. The Labute approximate surface area is 195 Å². The number of anilines is 1. The monoisotopic (exact) mass is 464 g/mol. The highest BCUT2D eigenvalue weighted by Crippen LogP contribution is 2.49. The summed E-state index contributed by atoms with van der Waals surface area (Å²) in [5.41, 5.74) is 2.86. The zero-order valence-electron chi connectivity index (χ0n) is 18.1. The number of rotatable bonds is 1. The lowest BCUT2D eigenvalue weighted by molar-refractivity contribution is 0.0995. The van der Waals surface area contributed by atoms with Crippen molar-refractivity contribution in [1.29, 1.82) is 0 Å². The minimum absolute atomic E-state index is 0.0580. The molecule has 0 amide bonds. The van der Waals surface area contributed by atoms with Crippen LogP contribution in [0.25, 0.3) is 28.1 Å². The number of ether oxygens (including phenoxy) is 1. The van der Waals surface area contributed by atoms with Crippen molar-refractivity contribution < 1.29 is 13.9 Å². The molecule has 8 heteroatoms. The van der Waals surface area contributed by atoms with Crippen LogP contribution in [0.2, 0.25) is 5.02 Å². The number of hydrogen-bond acceptors (Lipinski definition) is 6. The molecule has 1 fully saturated rings. The van der Waals surface area contributed by atoms with Gasteiger partial charge in [-0.3, -0.25) is 4.79 Å². The highest BCUT2D eigenvalue weighted by molar-refractivity contribution is 6.37. The zero-order chi connectivity index (χ0) is 22.7. The van der Waals surface area contributed by atoms with E-state index in [1.54, 1.807) is 0 Å². The molecule has 3 aliphatic rings. The van der Waals surface area contributed by atoms with E-state index in [4.69, 9.17) is 16.3 Å². The fourth-order valence-electron chi connectivity index (χ4n) is 5.24. The van der Waals surface area contributed by atoms with Crippen molar-refractivity contribution in [2.75, 3.05) is 31.1 Å². The Balaban J connectivity index is 1.69. The summed E-state index contributed by atoms with van der Waals surface area (Å²) in [5, 5.41) is 4.05. The number of nitrogens with one attached hydrogen (secondary N) is 1. The minimum Gasteiger partial charge on any atom is -0.491 e. The molecule has 3 aromatic rings. The average molecular weight is 465 g/mol. The number of benzene rings is 2. The van der Waals surface area contributed by atoms with Gasteiger partial charge in [-0.25, -0.2) is 14.4 Å². The van der Waals surface area contributed by atoms with Gasteiger partial charge in [0.15, 0.2) is 17.3 Å². The van der Waals surface area contributed by atoms with Gasteiger partial charge in [-0.05, 0) is 18.1 Å². The normalized spacial score (nSPS) is 19.5. The number of carbonyl (C=O) groups excluding carboxylic acids is 1. The molecule has 33 heavy (non-hydrogen) atoms. The third-order valence-corrected chi connectivity index (χ3v) is 7.16. The van der Waals surface area contributed by atoms with E-state index in [-0.39, 0.29) is 34.3 Å². The smallest absolute Gasteiger partial charge is 0.167 e. The van der Waals surface area contributed by atoms with Crippen molar-refractivity contribution in [1.82, 2.24) is 15.3 Å². The van der Waals surface area contributed by atoms with Crippen LogP contribution in [0.4, 0.5) is 10.2 Å². The predicted octanol–water partition coefficient (Wildman–Crippen LogP) is 4.56. The van der Waals surface area contributed by atoms with Gasteiger partial charge >= 0.3 is 0 Å². The van der Waals surface area contributed by atoms with E-state index >= 15 is 4.39 Å². The maximum atomic E-state index is 16.3. The van der Waals surface area contributed by atoms with Crippen LogP contribution in [0.5, 0.6) is 5.75 Å². The summed E-state index contributed by atoms with van der Waals surface area (Å²) in [6.07, 6.45) is 6.17. The highest BCUT2D eigenvalue weighted by Gasteiger charge is 2.33. The van der Waals surface area contributed by atoms with Crippen LogP contribution in [-0.4, -0.2) is 48.0 Å². The van der Waals surface area contributed by atoms with Crippen LogP contribution in [0.3, 0.4) is 0 Å². The highest BCUT2D eigenvalue weighted by atomic mass is 35.5. The second-order valence-corrected chi connectivity index (χ2v) is 9.07. The maximum absolute atomic E-state index is 16.3. The van der Waals surface area contributed by atoms with Crippen molar-refractivity contribution in [3.8, 4) is 16.9 Å². The lowest BCUT2D eigenvalue weighted by Crippen LogP contribution is -2.52. The second kappa shape index (κ2) is 7.78. The van der Waals surface area contributed by atoms with E-state index in [9.17, 15) is 4.79 Å². The fraction of sp³-hybridized carbons (Fsp3) is 0.320. The number of Topliss-reactive ketones (excluding diaryl/α,β-unsaturated/α-hetero) is 1. The van der Waals surface area contributed by atoms with Crippen molar-refractivity contribution in [2.45, 2.75) is 25.8 Å². The molecule has 1 saturated heterocycles. The van der Waals surface area contributed by atoms with Crippen molar-refractivity contribution in [3.05, 3.63) is 52.1 Å². The quantitative estimate of drug-likeness (QED) is 0.569. The first kappa shape index (κ1) is 20.6. The van der Waals surface area contributed by atoms with Crippen LogP contribution in [0.15, 0.2) is 24.5 Å². The number of aryl methyl sites for hydroxylation is 1. The molecule has 6 nitrogen and oxygen atoms in total. The molecule has 0 bridgehead atoms. The standard InChI is InChI=1S/C25H22ClFN4O2/c1-13-5-6-14-3-2-4-16(32)18(14)17(13)19-21(26)24-20-23(22(19)27)29-12-30-25(20)31-9-8-28-11-15(31)7-10-33-24/h2-3,5-6,12,15,28H,4,7-11H2,1H3. The van der Waals surface area contributed by atoms with Crippen molar-refractivity contribution >= 4 is 40.2 Å². The number of piperazine rings is 1. The molecule has 1 atom stereocenters. The number of aromatic nitrogens is 2. The van der Waals surface area contributed by atoms with Crippen LogP contribution in [-0.2, 0) is 0 Å². The lowest BCUT2D eigenvalue weighted by atomic mass is 9.85. The summed E-state index contributed by atoms with van der Waals surface area (Å²) in [6.45, 7) is 4.68. The SMILES string of the molecule is Cc1ccc2c(c1-c1c(Cl)c3c4c(ncnc4c1F)N1CCNCC1CCO3)C(=O)CC=C2. The van der Waals surface area contributed by atoms with E-state index in [2.05, 4.69) is 20.2 Å². The topological polar surface area (TPSA) is 67.3 Å². The first-order valence-electron chi connectivity index (χ1n) is 11.2. The van der Waals surface area contributed by atoms with E-state index in [1.807, 2.05) is 31.2 Å². The third kappa shape index (κ3) is 3.06. The molecule has 0 spiro atoms. The number of ketones is 1. The number of allylic oxidation sites excluding steroid dienone is 1. The predicted molar refractivity (Wildman–Crippen MR) is 127 cm³/mol. The Kier molecular flexibility index (Phi) is 4.85. The van der Waals surface area contributed by atoms with Crippen molar-refractivity contribution in [3.63, 3.8) is 0 Å². The molecule has 0 saturated carbocycles. The van der Waals surface area contributed by atoms with Gasteiger partial charge in [0.25, 0.3) is 0 Å². The van der Waals surface area contributed by atoms with Crippen LogP contribution >= 0.6 is 11.6 Å². The van der Waals surface area contributed by atoms with Crippen LogP contribution in [0, 0.1) is 12.7 Å². The van der Waals surface area contributed by atoms with E-state index in [0.29, 0.717) is 34.7 Å². The molecular weight excluding hydrogens is 443 g/mol. The van der Waals surface area contributed by atoms with E-state index in [0.717, 1.165) is 37.2 Å². The summed E-state index contributed by atoms with van der Waals surface area (Å²) in [6, 6.07) is 3.96. The average Bonchev–Trinajstić information content (AvgIpc) is 2.81. The summed E-state index contributed by atoms with van der Waals surface area (Å²) in [5.74, 6) is 0.403. The third-order valence-electron chi connectivity index (χ3n) is 6.80. The van der Waals surface area contributed by atoms with Gasteiger partial charge in [-0.15, -0.1) is 0 Å². The molecule has 0 radical (unpaired) electrons. The summed E-state index contributed by atoms with van der Waals surface area (Å²) in [7, 11) is 0. The molecular formula is C25H22ClFN4O2. The zero-order valence-corrected chi connectivity index (χ0v) is 18.9. The molecule has 6 rings (SSSR count). The first-order valence-corrected chi connectivity index (χ1v) is 11.5. The van der Waals surface area contributed by atoms with Crippen LogP contribution in [0.1, 0.15) is 34.3 Å². The van der Waals surface area contributed by atoms with E-state index in [1.165, 1.54) is 6.33 Å². The Hall–Kier alpha value is -3.03. The number of nitrogens with zero attached hydrogens (tertiary/aromatic N) is 3. The molecule has 2 aliphatic heterocycles.